The van der Waals surface area contributed by atoms with Crippen LogP contribution in [0.1, 0.15) is 88.4 Å². The van der Waals surface area contributed by atoms with Crippen LogP contribution < -0.4 is 0 Å². The molecule has 12 rings (SSSR count). The summed E-state index contributed by atoms with van der Waals surface area (Å²) in [4.78, 5) is 131. The van der Waals surface area contributed by atoms with Gasteiger partial charge in [0, 0.05) is 0 Å². The largest absolute Gasteiger partial charge is 0.462 e. The molecule has 3 aliphatic heterocycles. The van der Waals surface area contributed by atoms with Crippen molar-refractivity contribution >= 4 is 65.3 Å². The zero-order valence-electron chi connectivity index (χ0n) is 57.8. The highest BCUT2D eigenvalue weighted by Crippen LogP contribution is 2.40. The first kappa shape index (κ1) is 76.9. The SMILES string of the molecule is O=C(CCl)OC[C@H]1O[C@@H](O[C@H]2[C@H](OC(=O)c3ccccc3)[C@H](OC(=O)c3ccccc3)[C@@H](O)O[C@@H]2COC(=O)c2ccccc2)[C@H](OC(=O)c2ccccc2)[C@@H](O[C@@H]2O[C@H](COC(=O)c3ccccc3)[C@H](OC(=O)c3ccccc3)[C@H](OCc3ccccc3)[C@H]2OC(=O)c2ccccc2)[C@H]1OC(=O)c1ccccc1. The number of halogens is 1. The monoisotopic (exact) mass is 1500 g/mol. The Morgan fingerprint density at radius 3 is 0.899 bits per heavy atom. The van der Waals surface area contributed by atoms with Crippen LogP contribution in [0.15, 0.2) is 273 Å². The molecule has 3 heterocycles. The average Bonchev–Trinajstić information content (AvgIpc) is 0.754. The van der Waals surface area contributed by atoms with Crippen LogP contribution in [0.5, 0.6) is 0 Å². The molecule has 0 spiro atoms. The molecule has 26 heteroatoms. The fourth-order valence-electron chi connectivity index (χ4n) is 12.1. The van der Waals surface area contributed by atoms with Gasteiger partial charge in [-0.3, -0.25) is 4.79 Å². The Kier molecular flexibility index (Phi) is 26.5. The molecule has 0 amide bonds. The van der Waals surface area contributed by atoms with E-state index >= 15 is 14.4 Å². The van der Waals surface area contributed by atoms with Gasteiger partial charge in [-0.1, -0.05) is 176 Å². The predicted octanol–water partition coefficient (Wildman–Crippen LogP) is 10.4. The smallest absolute Gasteiger partial charge is 0.338 e. The van der Waals surface area contributed by atoms with Crippen molar-refractivity contribution in [3.8, 4) is 0 Å². The summed E-state index contributed by atoms with van der Waals surface area (Å²) in [6.45, 7) is -2.91. The number of ether oxygens (including phenoxy) is 15. The lowest BCUT2D eigenvalue weighted by atomic mass is 9.94. The average molecular weight is 1500 g/mol. The zero-order chi connectivity index (χ0) is 76.0. The Hall–Kier alpha value is -11.8. The first-order chi connectivity index (χ1) is 53.2. The van der Waals surface area contributed by atoms with Crippen LogP contribution in [-0.2, 0) is 82.5 Å². The lowest BCUT2D eigenvalue weighted by Crippen LogP contribution is -2.69. The third-order valence-corrected chi connectivity index (χ3v) is 17.7. The maximum absolute atomic E-state index is 15.3. The lowest BCUT2D eigenvalue weighted by molar-refractivity contribution is -0.377. The number of aliphatic hydroxyl groups is 1. The molecule has 3 saturated heterocycles. The van der Waals surface area contributed by atoms with Gasteiger partial charge in [0.2, 0.25) is 0 Å². The maximum Gasteiger partial charge on any atom is 0.338 e. The second-order valence-electron chi connectivity index (χ2n) is 24.8. The van der Waals surface area contributed by atoms with Crippen molar-refractivity contribution in [3.63, 3.8) is 0 Å². The van der Waals surface area contributed by atoms with E-state index in [1.807, 2.05) is 0 Å². The number of rotatable bonds is 28. The van der Waals surface area contributed by atoms with Crippen LogP contribution in [0.25, 0.3) is 0 Å². The van der Waals surface area contributed by atoms with Crippen LogP contribution >= 0.6 is 11.6 Å². The van der Waals surface area contributed by atoms with Gasteiger partial charge in [-0.05, 0) is 103 Å². The molecule has 9 aromatic rings. The fourth-order valence-corrected chi connectivity index (χ4v) is 12.2. The number of carbonyl (C=O) groups is 9. The minimum absolute atomic E-state index is 0.0352. The Morgan fingerprint density at radius 2 is 0.550 bits per heavy atom. The number of alkyl halides is 1. The van der Waals surface area contributed by atoms with Crippen LogP contribution in [0.4, 0.5) is 0 Å². The molecule has 0 aromatic heterocycles. The van der Waals surface area contributed by atoms with Crippen LogP contribution in [0, 0.1) is 0 Å². The first-order valence-electron chi connectivity index (χ1n) is 34.5. The Morgan fingerprint density at radius 1 is 0.284 bits per heavy atom. The van der Waals surface area contributed by atoms with E-state index in [-0.39, 0.29) is 51.1 Å². The Labute approximate surface area is 629 Å². The van der Waals surface area contributed by atoms with Crippen molar-refractivity contribution in [3.05, 3.63) is 323 Å². The summed E-state index contributed by atoms with van der Waals surface area (Å²) >= 11 is 6.10. The first-order valence-corrected chi connectivity index (χ1v) is 35.0. The number of aliphatic hydroxyl groups excluding tert-OH is 1. The van der Waals surface area contributed by atoms with Crippen molar-refractivity contribution in [2.45, 2.75) is 98.7 Å². The molecule has 15 atom stereocenters. The van der Waals surface area contributed by atoms with E-state index < -0.39 is 172 Å². The third-order valence-electron chi connectivity index (χ3n) is 17.5. The maximum atomic E-state index is 15.3. The molecule has 0 unspecified atom stereocenters. The summed E-state index contributed by atoms with van der Waals surface area (Å²) in [5, 5.41) is 12.2. The van der Waals surface area contributed by atoms with Crippen molar-refractivity contribution in [2.75, 3.05) is 25.7 Å². The molecule has 560 valence electrons. The second kappa shape index (κ2) is 37.7. The van der Waals surface area contributed by atoms with E-state index in [4.69, 9.17) is 82.7 Å². The summed E-state index contributed by atoms with van der Waals surface area (Å²) in [7, 11) is 0. The van der Waals surface area contributed by atoms with Gasteiger partial charge in [0.15, 0.2) is 55.5 Å². The molecule has 0 bridgehead atoms. The van der Waals surface area contributed by atoms with Gasteiger partial charge in [0.1, 0.15) is 62.3 Å². The van der Waals surface area contributed by atoms with Gasteiger partial charge < -0.3 is 76.2 Å². The van der Waals surface area contributed by atoms with Gasteiger partial charge >= 0.3 is 53.7 Å². The van der Waals surface area contributed by atoms with Gasteiger partial charge in [0.05, 0.1) is 51.1 Å². The Balaban J connectivity index is 1.05. The summed E-state index contributed by atoms with van der Waals surface area (Å²) in [5.41, 5.74) is 0.340. The standard InChI is InChI=1S/C83H71ClO25/c84-46-63(85)95-48-61-65(103-76(89)55-36-18-5-19-37-55)69(109-82-71(106-79(92)58-42-24-8-25-43-58)67(96-47-51-28-10-1-11-29-51)64(102-75(88)54-34-16-4-17-35-54)62(101-82)50-98-74(87)53-32-14-3-15-33-53)72(107-80(93)59-44-26-9-27-45-59)83(100-61)108-66-60(49-97-73(86)52-30-12-2-13-31-52)99-81(94)70(105-78(91)57-40-22-7-23-41-57)68(66)104-77(90)56-38-20-6-21-39-56/h1-45,60-62,64-72,81-83,94H,46-50H2/t60-,61-,62-,64+,65+,66-,67+,68+,69+,70+,71-,72-,81+,82+,83+/m1/s1. The van der Waals surface area contributed by atoms with E-state index in [1.165, 1.54) is 146 Å². The fraction of sp³-hybridized carbons (Fsp3) is 0.241. The number of benzene rings is 9. The molecular weight excluding hydrogens is 1430 g/mol. The van der Waals surface area contributed by atoms with Crippen LogP contribution in [-0.4, -0.2) is 177 Å². The molecule has 0 aliphatic carbocycles. The predicted molar refractivity (Wildman–Crippen MR) is 382 cm³/mol. The molecule has 3 fully saturated rings. The Bertz CT molecular complexity index is 4500. The quantitative estimate of drug-likeness (QED) is 0.0271. The van der Waals surface area contributed by atoms with Gasteiger partial charge in [-0.15, -0.1) is 11.6 Å². The second-order valence-corrected chi connectivity index (χ2v) is 25.0. The highest BCUT2D eigenvalue weighted by Gasteiger charge is 2.60. The summed E-state index contributed by atoms with van der Waals surface area (Å²) in [6.07, 6.45) is -30.5. The highest BCUT2D eigenvalue weighted by atomic mass is 35.5. The van der Waals surface area contributed by atoms with Crippen LogP contribution in [0.2, 0.25) is 0 Å². The van der Waals surface area contributed by atoms with E-state index in [0.717, 1.165) is 0 Å². The number of hydrogen-bond donors (Lipinski definition) is 1. The molecule has 9 aromatic carbocycles. The van der Waals surface area contributed by atoms with E-state index in [9.17, 15) is 33.9 Å². The molecule has 0 radical (unpaired) electrons. The van der Waals surface area contributed by atoms with Crippen LogP contribution in [0.3, 0.4) is 0 Å². The van der Waals surface area contributed by atoms with Crippen molar-refractivity contribution in [2.24, 2.45) is 0 Å². The lowest BCUT2D eigenvalue weighted by Gasteiger charge is -2.50. The molecule has 0 saturated carbocycles. The van der Waals surface area contributed by atoms with Crippen molar-refractivity contribution in [1.29, 1.82) is 0 Å². The summed E-state index contributed by atoms with van der Waals surface area (Å²) in [5.74, 6) is -10.1. The minimum atomic E-state index is -2.31. The molecule has 25 nitrogen and oxygen atoms in total. The third kappa shape index (κ3) is 20.1. The molecule has 109 heavy (non-hydrogen) atoms. The number of hydrogen-bond acceptors (Lipinski definition) is 25. The van der Waals surface area contributed by atoms with Gasteiger partial charge in [-0.25, -0.2) is 38.4 Å². The van der Waals surface area contributed by atoms with Gasteiger partial charge in [0.25, 0.3) is 0 Å². The summed E-state index contributed by atoms with van der Waals surface area (Å²) in [6, 6.07) is 69.5. The molecule has 1 N–H and O–H groups in total. The van der Waals surface area contributed by atoms with E-state index in [0.29, 0.717) is 5.56 Å². The van der Waals surface area contributed by atoms with E-state index in [2.05, 4.69) is 0 Å². The molecular formula is C83H71ClO25. The van der Waals surface area contributed by atoms with Crippen molar-refractivity contribution < 1.29 is 119 Å². The number of esters is 9. The molecule has 3 aliphatic rings. The number of carbonyl (C=O) groups excluding carboxylic acids is 9. The summed E-state index contributed by atoms with van der Waals surface area (Å²) < 4.78 is 97.4. The van der Waals surface area contributed by atoms with Gasteiger partial charge in [-0.2, -0.15) is 0 Å². The minimum Gasteiger partial charge on any atom is -0.462 e. The van der Waals surface area contributed by atoms with Crippen molar-refractivity contribution in [1.82, 2.24) is 0 Å². The topological polar surface area (TPSA) is 312 Å². The zero-order valence-corrected chi connectivity index (χ0v) is 58.6. The highest BCUT2D eigenvalue weighted by molar-refractivity contribution is 6.26. The normalized spacial score (nSPS) is 23.6. The van der Waals surface area contributed by atoms with E-state index in [1.54, 1.807) is 127 Å².